The van der Waals surface area contributed by atoms with E-state index in [1.807, 2.05) is 6.92 Å². The molecule has 4 nitrogen and oxygen atoms in total. The van der Waals surface area contributed by atoms with Crippen molar-refractivity contribution in [1.82, 2.24) is 0 Å². The Hall–Kier alpha value is -1.42. The van der Waals surface area contributed by atoms with Gasteiger partial charge in [0.25, 0.3) is 5.69 Å². The van der Waals surface area contributed by atoms with E-state index in [4.69, 9.17) is 5.73 Å². The Labute approximate surface area is 76.5 Å². The quantitative estimate of drug-likeness (QED) is 0.556. The molecule has 4 heteroatoms. The van der Waals surface area contributed by atoms with Gasteiger partial charge in [0.2, 0.25) is 0 Å². The molecule has 0 saturated heterocycles. The fraction of sp³-hybridized carbons (Fsp3) is 0.333. The van der Waals surface area contributed by atoms with Crippen LogP contribution in [0.25, 0.3) is 0 Å². The first-order valence-electron chi connectivity index (χ1n) is 4.01. The van der Waals surface area contributed by atoms with Crippen LogP contribution < -0.4 is 5.73 Å². The van der Waals surface area contributed by atoms with E-state index in [-0.39, 0.29) is 10.6 Å². The SMILES string of the molecule is Cc1c(CN)ccc([N+](=O)[O-])c1C. The molecule has 0 radical (unpaired) electrons. The predicted molar refractivity (Wildman–Crippen MR) is 50.5 cm³/mol. The summed E-state index contributed by atoms with van der Waals surface area (Å²) in [6, 6.07) is 3.21. The third kappa shape index (κ3) is 1.67. The highest BCUT2D eigenvalue weighted by Crippen LogP contribution is 2.23. The van der Waals surface area contributed by atoms with Gasteiger partial charge in [-0.2, -0.15) is 0 Å². The summed E-state index contributed by atoms with van der Waals surface area (Å²) in [6.45, 7) is 4.02. The first-order valence-corrected chi connectivity index (χ1v) is 4.01. The average Bonchev–Trinajstić information content (AvgIpc) is 2.09. The molecule has 0 aromatic heterocycles. The standard InChI is InChI=1S/C9H12N2O2/c1-6-7(2)9(11(12)13)4-3-8(6)5-10/h3-4H,5,10H2,1-2H3. The second-order valence-electron chi connectivity index (χ2n) is 2.96. The lowest BCUT2D eigenvalue weighted by Gasteiger charge is -2.06. The number of nitro groups is 1. The van der Waals surface area contributed by atoms with E-state index >= 15 is 0 Å². The lowest BCUT2D eigenvalue weighted by Crippen LogP contribution is -2.02. The van der Waals surface area contributed by atoms with Crippen molar-refractivity contribution in [3.05, 3.63) is 38.9 Å². The largest absolute Gasteiger partial charge is 0.326 e. The highest BCUT2D eigenvalue weighted by atomic mass is 16.6. The summed E-state index contributed by atoms with van der Waals surface area (Å²) in [5.41, 5.74) is 8.21. The van der Waals surface area contributed by atoms with E-state index in [1.165, 1.54) is 6.07 Å². The molecule has 0 aliphatic carbocycles. The van der Waals surface area contributed by atoms with Gasteiger partial charge in [-0.05, 0) is 25.0 Å². The molecule has 0 saturated carbocycles. The van der Waals surface area contributed by atoms with Crippen molar-refractivity contribution in [3.63, 3.8) is 0 Å². The summed E-state index contributed by atoms with van der Waals surface area (Å²) >= 11 is 0. The second-order valence-corrected chi connectivity index (χ2v) is 2.96. The molecule has 0 fully saturated rings. The lowest BCUT2D eigenvalue weighted by molar-refractivity contribution is -0.385. The molecule has 0 bridgehead atoms. The van der Waals surface area contributed by atoms with Gasteiger partial charge in [-0.1, -0.05) is 6.07 Å². The van der Waals surface area contributed by atoms with E-state index in [0.717, 1.165) is 11.1 Å². The molecule has 0 unspecified atom stereocenters. The topological polar surface area (TPSA) is 69.2 Å². The van der Waals surface area contributed by atoms with E-state index in [9.17, 15) is 10.1 Å². The van der Waals surface area contributed by atoms with Crippen LogP contribution >= 0.6 is 0 Å². The molecule has 1 rings (SSSR count). The summed E-state index contributed by atoms with van der Waals surface area (Å²) in [6.07, 6.45) is 0. The third-order valence-electron chi connectivity index (χ3n) is 2.29. The zero-order valence-corrected chi connectivity index (χ0v) is 7.70. The van der Waals surface area contributed by atoms with E-state index in [2.05, 4.69) is 0 Å². The minimum atomic E-state index is -0.372. The van der Waals surface area contributed by atoms with Crippen molar-refractivity contribution < 1.29 is 4.92 Å². The summed E-state index contributed by atoms with van der Waals surface area (Å²) < 4.78 is 0. The monoisotopic (exact) mass is 180 g/mol. The minimum absolute atomic E-state index is 0.162. The molecule has 0 atom stereocenters. The zero-order valence-electron chi connectivity index (χ0n) is 7.70. The molecule has 13 heavy (non-hydrogen) atoms. The van der Waals surface area contributed by atoms with Gasteiger partial charge in [0.05, 0.1) is 4.92 Å². The Bertz CT molecular complexity index is 348. The first-order chi connectivity index (χ1) is 6.07. The number of benzene rings is 1. The van der Waals surface area contributed by atoms with Crippen LogP contribution in [-0.4, -0.2) is 4.92 Å². The molecule has 1 aromatic rings. The molecule has 0 amide bonds. The Balaban J connectivity index is 3.31. The van der Waals surface area contributed by atoms with Gasteiger partial charge in [0.15, 0.2) is 0 Å². The van der Waals surface area contributed by atoms with E-state index < -0.39 is 0 Å². The van der Waals surface area contributed by atoms with Gasteiger partial charge in [-0.15, -0.1) is 0 Å². The predicted octanol–water partition coefficient (Wildman–Crippen LogP) is 1.67. The van der Waals surface area contributed by atoms with Crippen LogP contribution in [0.15, 0.2) is 12.1 Å². The summed E-state index contributed by atoms with van der Waals surface area (Å²) in [7, 11) is 0. The van der Waals surface area contributed by atoms with Crippen LogP contribution in [0.5, 0.6) is 0 Å². The molecule has 0 heterocycles. The molecule has 70 valence electrons. The smallest absolute Gasteiger partial charge is 0.272 e. The number of nitro benzene ring substituents is 1. The number of nitrogens with zero attached hydrogens (tertiary/aromatic N) is 1. The average molecular weight is 180 g/mol. The van der Waals surface area contributed by atoms with Gasteiger partial charge < -0.3 is 5.73 Å². The summed E-state index contributed by atoms with van der Waals surface area (Å²) in [4.78, 5) is 10.2. The number of hydrogen-bond acceptors (Lipinski definition) is 3. The van der Waals surface area contributed by atoms with Crippen molar-refractivity contribution in [2.45, 2.75) is 20.4 Å². The second kappa shape index (κ2) is 3.53. The highest BCUT2D eigenvalue weighted by molar-refractivity contribution is 5.47. The maximum absolute atomic E-state index is 10.5. The molecule has 0 aliphatic rings. The van der Waals surface area contributed by atoms with Crippen LogP contribution in [0, 0.1) is 24.0 Å². The number of rotatable bonds is 2. The lowest BCUT2D eigenvalue weighted by atomic mass is 10.0. The molecule has 0 aliphatic heterocycles. The molecular formula is C9H12N2O2. The zero-order chi connectivity index (χ0) is 10.0. The third-order valence-corrected chi connectivity index (χ3v) is 2.29. The Morgan fingerprint density at radius 1 is 1.38 bits per heavy atom. The van der Waals surface area contributed by atoms with Crippen LogP contribution in [0.2, 0.25) is 0 Å². The number of nitrogens with two attached hydrogens (primary N) is 1. The van der Waals surface area contributed by atoms with Crippen LogP contribution in [-0.2, 0) is 6.54 Å². The van der Waals surface area contributed by atoms with Gasteiger partial charge in [-0.3, -0.25) is 10.1 Å². The van der Waals surface area contributed by atoms with Crippen molar-refractivity contribution in [2.24, 2.45) is 5.73 Å². The maximum Gasteiger partial charge on any atom is 0.272 e. The Morgan fingerprint density at radius 2 is 2.00 bits per heavy atom. The van der Waals surface area contributed by atoms with Gasteiger partial charge in [-0.25, -0.2) is 0 Å². The van der Waals surface area contributed by atoms with Crippen molar-refractivity contribution in [1.29, 1.82) is 0 Å². The fourth-order valence-corrected chi connectivity index (χ4v) is 1.28. The van der Waals surface area contributed by atoms with Gasteiger partial charge in [0, 0.05) is 18.2 Å². The van der Waals surface area contributed by atoms with Gasteiger partial charge >= 0.3 is 0 Å². The first kappa shape index (κ1) is 9.67. The van der Waals surface area contributed by atoms with E-state index in [0.29, 0.717) is 12.1 Å². The Kier molecular flexibility index (Phi) is 2.63. The minimum Gasteiger partial charge on any atom is -0.326 e. The van der Waals surface area contributed by atoms with E-state index in [1.54, 1.807) is 13.0 Å². The van der Waals surface area contributed by atoms with Crippen LogP contribution in [0.4, 0.5) is 5.69 Å². The van der Waals surface area contributed by atoms with Crippen molar-refractivity contribution in [3.8, 4) is 0 Å². The van der Waals surface area contributed by atoms with Crippen molar-refractivity contribution >= 4 is 5.69 Å². The maximum atomic E-state index is 10.5. The summed E-state index contributed by atoms with van der Waals surface area (Å²) in [5.74, 6) is 0. The molecule has 2 N–H and O–H groups in total. The fourth-order valence-electron chi connectivity index (χ4n) is 1.28. The Morgan fingerprint density at radius 3 is 2.46 bits per heavy atom. The molecule has 0 spiro atoms. The van der Waals surface area contributed by atoms with Crippen LogP contribution in [0.1, 0.15) is 16.7 Å². The molecule has 1 aromatic carbocycles. The van der Waals surface area contributed by atoms with Crippen molar-refractivity contribution in [2.75, 3.05) is 0 Å². The molecular weight excluding hydrogens is 168 g/mol. The number of hydrogen-bond donors (Lipinski definition) is 1. The van der Waals surface area contributed by atoms with Gasteiger partial charge in [0.1, 0.15) is 0 Å². The van der Waals surface area contributed by atoms with Crippen LogP contribution in [0.3, 0.4) is 0 Å². The highest BCUT2D eigenvalue weighted by Gasteiger charge is 2.13. The summed E-state index contributed by atoms with van der Waals surface area (Å²) in [5, 5.41) is 10.5. The normalized spacial score (nSPS) is 10.1.